The second-order valence-corrected chi connectivity index (χ2v) is 6.05. The molecule has 4 heteroatoms. The summed E-state index contributed by atoms with van der Waals surface area (Å²) < 4.78 is 6.68. The standard InChI is InChI=1S/C12H26N3O/c1-12(14)9-10(13)5-6-11(12)16-8-7-15(2,3)4/h6,10H,5,7-9,13-14H2,1-4H3/q+1. The second kappa shape index (κ2) is 4.73. The normalized spacial score (nSPS) is 31.1. The summed E-state index contributed by atoms with van der Waals surface area (Å²) in [5, 5.41) is 0. The van der Waals surface area contributed by atoms with Gasteiger partial charge < -0.3 is 20.7 Å². The van der Waals surface area contributed by atoms with Gasteiger partial charge in [0.2, 0.25) is 0 Å². The highest BCUT2D eigenvalue weighted by Gasteiger charge is 2.31. The first-order valence-electron chi connectivity index (χ1n) is 5.89. The van der Waals surface area contributed by atoms with Crippen molar-refractivity contribution in [1.82, 2.24) is 0 Å². The molecule has 0 spiro atoms. The first kappa shape index (κ1) is 13.5. The highest BCUT2D eigenvalue weighted by atomic mass is 16.5. The number of quaternary nitrogens is 1. The van der Waals surface area contributed by atoms with Crippen molar-refractivity contribution in [1.29, 1.82) is 0 Å². The topological polar surface area (TPSA) is 61.3 Å². The van der Waals surface area contributed by atoms with Gasteiger partial charge in [-0.3, -0.25) is 0 Å². The molecule has 2 atom stereocenters. The van der Waals surface area contributed by atoms with Crippen molar-refractivity contribution in [2.45, 2.75) is 31.3 Å². The molecule has 1 aliphatic carbocycles. The van der Waals surface area contributed by atoms with E-state index in [0.717, 1.165) is 29.6 Å². The second-order valence-electron chi connectivity index (χ2n) is 6.05. The Balaban J connectivity index is 2.48. The molecule has 0 aliphatic heterocycles. The molecule has 94 valence electrons. The van der Waals surface area contributed by atoms with Gasteiger partial charge in [0.25, 0.3) is 0 Å². The van der Waals surface area contributed by atoms with Crippen LogP contribution in [0.2, 0.25) is 0 Å². The van der Waals surface area contributed by atoms with Crippen LogP contribution < -0.4 is 11.5 Å². The minimum Gasteiger partial charge on any atom is -0.490 e. The van der Waals surface area contributed by atoms with Crippen molar-refractivity contribution in [3.05, 3.63) is 11.8 Å². The average Bonchev–Trinajstić information content (AvgIpc) is 2.05. The molecule has 0 amide bonds. The third kappa shape index (κ3) is 4.12. The van der Waals surface area contributed by atoms with Gasteiger partial charge in [0.15, 0.2) is 0 Å². The molecule has 0 fully saturated rings. The Kier molecular flexibility index (Phi) is 3.99. The molecule has 0 aromatic rings. The Morgan fingerprint density at radius 2 is 2.12 bits per heavy atom. The first-order chi connectivity index (χ1) is 7.21. The molecule has 0 heterocycles. The van der Waals surface area contributed by atoms with E-state index in [0.29, 0.717) is 6.61 Å². The minimum atomic E-state index is -0.400. The number of likely N-dealkylation sites (N-methyl/N-ethyl adjacent to an activating group) is 1. The lowest BCUT2D eigenvalue weighted by Crippen LogP contribution is -2.48. The molecule has 0 saturated carbocycles. The number of nitrogens with zero attached hydrogens (tertiary/aromatic N) is 1. The van der Waals surface area contributed by atoms with E-state index in [9.17, 15) is 0 Å². The van der Waals surface area contributed by atoms with E-state index in [1.54, 1.807) is 0 Å². The van der Waals surface area contributed by atoms with Gasteiger partial charge in [-0.1, -0.05) is 0 Å². The third-order valence-corrected chi connectivity index (χ3v) is 2.87. The van der Waals surface area contributed by atoms with E-state index < -0.39 is 5.54 Å². The first-order valence-corrected chi connectivity index (χ1v) is 5.89. The van der Waals surface area contributed by atoms with Gasteiger partial charge in [0, 0.05) is 6.04 Å². The van der Waals surface area contributed by atoms with Gasteiger partial charge >= 0.3 is 0 Å². The molecule has 0 bridgehead atoms. The highest BCUT2D eigenvalue weighted by Crippen LogP contribution is 2.26. The molecule has 0 saturated heterocycles. The van der Waals surface area contributed by atoms with Crippen LogP contribution in [0.25, 0.3) is 0 Å². The summed E-state index contributed by atoms with van der Waals surface area (Å²) >= 11 is 0. The molecule has 0 aromatic heterocycles. The van der Waals surface area contributed by atoms with Gasteiger partial charge in [-0.15, -0.1) is 0 Å². The van der Waals surface area contributed by atoms with Crippen LogP contribution in [0.1, 0.15) is 19.8 Å². The number of hydrogen-bond donors (Lipinski definition) is 2. The lowest BCUT2D eigenvalue weighted by Gasteiger charge is -2.34. The summed E-state index contributed by atoms with van der Waals surface area (Å²) in [6.45, 7) is 3.67. The lowest BCUT2D eigenvalue weighted by atomic mass is 9.85. The Bertz CT molecular complexity index is 266. The third-order valence-electron chi connectivity index (χ3n) is 2.87. The van der Waals surface area contributed by atoms with Crippen LogP contribution in [0, 0.1) is 0 Å². The van der Waals surface area contributed by atoms with E-state index in [1.165, 1.54) is 0 Å². The summed E-state index contributed by atoms with van der Waals surface area (Å²) in [6.07, 6.45) is 3.71. The van der Waals surface area contributed by atoms with Crippen LogP contribution in [-0.2, 0) is 4.74 Å². The molecule has 4 N–H and O–H groups in total. The quantitative estimate of drug-likeness (QED) is 0.686. The fourth-order valence-electron chi connectivity index (χ4n) is 1.87. The molecule has 1 aliphatic rings. The van der Waals surface area contributed by atoms with Crippen molar-refractivity contribution < 1.29 is 9.22 Å². The predicted octanol–water partition coefficient (Wildman–Crippen LogP) is 0.432. The molecule has 4 nitrogen and oxygen atoms in total. The Morgan fingerprint density at radius 3 is 2.62 bits per heavy atom. The van der Waals surface area contributed by atoms with Crippen LogP contribution in [0.15, 0.2) is 11.8 Å². The van der Waals surface area contributed by atoms with Gasteiger partial charge in [-0.05, 0) is 25.8 Å². The lowest BCUT2D eigenvalue weighted by molar-refractivity contribution is -0.870. The smallest absolute Gasteiger partial charge is 0.137 e. The number of ether oxygens (including phenoxy) is 1. The molecule has 0 aromatic carbocycles. The molecular formula is C12H26N3O+. The van der Waals surface area contributed by atoms with E-state index in [4.69, 9.17) is 16.2 Å². The van der Waals surface area contributed by atoms with Crippen LogP contribution in [0.4, 0.5) is 0 Å². The molecular weight excluding hydrogens is 202 g/mol. The summed E-state index contributed by atoms with van der Waals surface area (Å²) in [5.41, 5.74) is 11.7. The summed E-state index contributed by atoms with van der Waals surface area (Å²) in [5.74, 6) is 0.905. The summed E-state index contributed by atoms with van der Waals surface area (Å²) in [4.78, 5) is 0. The Morgan fingerprint density at radius 1 is 1.50 bits per heavy atom. The van der Waals surface area contributed by atoms with Crippen LogP contribution in [0.5, 0.6) is 0 Å². The fraction of sp³-hybridized carbons (Fsp3) is 0.833. The number of hydrogen-bond acceptors (Lipinski definition) is 3. The van der Waals surface area contributed by atoms with Crippen molar-refractivity contribution in [3.8, 4) is 0 Å². The molecule has 2 unspecified atom stereocenters. The van der Waals surface area contributed by atoms with Crippen LogP contribution in [0.3, 0.4) is 0 Å². The van der Waals surface area contributed by atoms with Crippen molar-refractivity contribution in [3.63, 3.8) is 0 Å². The van der Waals surface area contributed by atoms with Gasteiger partial charge in [0.1, 0.15) is 18.9 Å². The highest BCUT2D eigenvalue weighted by molar-refractivity contribution is 5.16. The zero-order valence-electron chi connectivity index (χ0n) is 11.0. The van der Waals surface area contributed by atoms with Crippen molar-refractivity contribution in [2.75, 3.05) is 34.3 Å². The maximum atomic E-state index is 6.18. The maximum Gasteiger partial charge on any atom is 0.137 e. The average molecular weight is 228 g/mol. The van der Waals surface area contributed by atoms with Gasteiger partial charge in [-0.2, -0.15) is 0 Å². The largest absolute Gasteiger partial charge is 0.490 e. The SMILES string of the molecule is CC1(N)CC(N)CC=C1OCC[N+](C)(C)C. The fourth-order valence-corrected chi connectivity index (χ4v) is 1.87. The zero-order valence-corrected chi connectivity index (χ0v) is 11.0. The van der Waals surface area contributed by atoms with E-state index >= 15 is 0 Å². The summed E-state index contributed by atoms with van der Waals surface area (Å²) in [7, 11) is 6.45. The van der Waals surface area contributed by atoms with Gasteiger partial charge in [-0.25, -0.2) is 0 Å². The van der Waals surface area contributed by atoms with Gasteiger partial charge in [0.05, 0.1) is 26.7 Å². The minimum absolute atomic E-state index is 0.167. The van der Waals surface area contributed by atoms with E-state index in [1.807, 2.05) is 13.0 Å². The predicted molar refractivity (Wildman–Crippen MR) is 66.7 cm³/mol. The Labute approximate surface area is 98.8 Å². The number of nitrogens with two attached hydrogens (primary N) is 2. The molecule has 1 rings (SSSR count). The maximum absolute atomic E-state index is 6.18. The summed E-state index contributed by atoms with van der Waals surface area (Å²) in [6, 6.07) is 0.167. The molecule has 0 radical (unpaired) electrons. The van der Waals surface area contributed by atoms with Crippen molar-refractivity contribution >= 4 is 0 Å². The number of rotatable bonds is 4. The zero-order chi connectivity index (χ0) is 12.4. The van der Waals surface area contributed by atoms with Crippen LogP contribution >= 0.6 is 0 Å². The monoisotopic (exact) mass is 228 g/mol. The van der Waals surface area contributed by atoms with Crippen LogP contribution in [-0.4, -0.2) is 50.4 Å². The Hall–Kier alpha value is -0.580. The molecule has 16 heavy (non-hydrogen) atoms. The van der Waals surface area contributed by atoms with E-state index in [-0.39, 0.29) is 6.04 Å². The van der Waals surface area contributed by atoms with Crippen molar-refractivity contribution in [2.24, 2.45) is 11.5 Å². The van der Waals surface area contributed by atoms with E-state index in [2.05, 4.69) is 21.1 Å².